The highest BCUT2D eigenvalue weighted by atomic mass is 16.5. The second-order valence-electron chi connectivity index (χ2n) is 8.20. The van der Waals surface area contributed by atoms with Gasteiger partial charge in [0.25, 0.3) is 0 Å². The molecule has 9 heteroatoms. The molecule has 0 aliphatic carbocycles. The lowest BCUT2D eigenvalue weighted by molar-refractivity contribution is -0.127. The summed E-state index contributed by atoms with van der Waals surface area (Å²) in [6, 6.07) is 22.1. The lowest BCUT2D eigenvalue weighted by Gasteiger charge is -2.31. The minimum absolute atomic E-state index is 0.0922. The fraction of sp³-hybridized carbons (Fsp3) is 0.222. The average Bonchev–Trinajstić information content (AvgIpc) is 3.30. The molecule has 36 heavy (non-hydrogen) atoms. The molecule has 0 saturated carbocycles. The van der Waals surface area contributed by atoms with Crippen molar-refractivity contribution in [3.05, 3.63) is 90.0 Å². The Morgan fingerprint density at radius 2 is 1.67 bits per heavy atom. The van der Waals surface area contributed by atoms with Gasteiger partial charge in [-0.25, -0.2) is 4.68 Å². The van der Waals surface area contributed by atoms with E-state index >= 15 is 0 Å². The van der Waals surface area contributed by atoms with Gasteiger partial charge in [-0.2, -0.15) is 0 Å². The number of methoxy groups -OCH3 is 1. The van der Waals surface area contributed by atoms with Gasteiger partial charge in [-0.1, -0.05) is 47.7 Å². The molecule has 3 aromatic carbocycles. The second-order valence-corrected chi connectivity index (χ2v) is 8.20. The number of anilines is 1. The number of nitrogens with zero attached hydrogens (tertiary/aromatic N) is 4. The van der Waals surface area contributed by atoms with E-state index in [0.717, 1.165) is 0 Å². The average molecular weight is 486 g/mol. The number of rotatable bonds is 10. The maximum atomic E-state index is 13.9. The van der Waals surface area contributed by atoms with E-state index in [1.165, 1.54) is 16.5 Å². The van der Waals surface area contributed by atoms with Crippen LogP contribution in [0.15, 0.2) is 78.9 Å². The lowest BCUT2D eigenvalue weighted by Crippen LogP contribution is -2.46. The van der Waals surface area contributed by atoms with Crippen LogP contribution in [0.2, 0.25) is 0 Å². The summed E-state index contributed by atoms with van der Waals surface area (Å²) in [5.41, 5.74) is 3.00. The largest absolute Gasteiger partial charge is 0.383 e. The molecule has 0 bridgehead atoms. The number of ketones is 1. The van der Waals surface area contributed by atoms with Crippen molar-refractivity contribution in [2.75, 3.05) is 25.2 Å². The van der Waals surface area contributed by atoms with Crippen LogP contribution in [0.4, 0.5) is 5.69 Å². The smallest absolute Gasteiger partial charge is 0.249 e. The number of aromatic nitrogens is 3. The summed E-state index contributed by atoms with van der Waals surface area (Å²) < 4.78 is 6.58. The van der Waals surface area contributed by atoms with Crippen LogP contribution >= 0.6 is 0 Å². The number of para-hydroxylation sites is 1. The predicted octanol–water partition coefficient (Wildman–Crippen LogP) is 3.17. The first kappa shape index (κ1) is 24.7. The quantitative estimate of drug-likeness (QED) is 0.273. The fourth-order valence-electron chi connectivity index (χ4n) is 3.96. The molecule has 0 aliphatic heterocycles. The Kier molecular flexibility index (Phi) is 7.82. The highest BCUT2D eigenvalue weighted by Gasteiger charge is 2.33. The van der Waals surface area contributed by atoms with Crippen molar-refractivity contribution in [3.8, 4) is 0 Å². The van der Waals surface area contributed by atoms with Crippen LogP contribution in [0.25, 0.3) is 11.0 Å². The van der Waals surface area contributed by atoms with Gasteiger partial charge in [-0.15, -0.1) is 5.10 Å². The minimum Gasteiger partial charge on any atom is -0.383 e. The maximum absolute atomic E-state index is 13.9. The molecule has 1 atom stereocenters. The van der Waals surface area contributed by atoms with Gasteiger partial charge in [0.15, 0.2) is 5.78 Å². The lowest BCUT2D eigenvalue weighted by atomic mass is 10.0. The summed E-state index contributed by atoms with van der Waals surface area (Å²) in [6.45, 7) is 1.96. The normalized spacial score (nSPS) is 11.7. The van der Waals surface area contributed by atoms with Crippen molar-refractivity contribution in [2.45, 2.75) is 19.5 Å². The zero-order valence-electron chi connectivity index (χ0n) is 20.1. The van der Waals surface area contributed by atoms with Gasteiger partial charge in [-0.05, 0) is 48.9 Å². The number of carbonyl (C=O) groups is 3. The number of Topliss-reactive ketones (excluding diaryl/α,β-unsaturated/α-hetero) is 1. The van der Waals surface area contributed by atoms with E-state index in [0.29, 0.717) is 34.5 Å². The molecular weight excluding hydrogens is 458 g/mol. The summed E-state index contributed by atoms with van der Waals surface area (Å²) in [4.78, 5) is 40.6. The van der Waals surface area contributed by atoms with Crippen LogP contribution in [-0.4, -0.2) is 52.9 Å². The van der Waals surface area contributed by atoms with Gasteiger partial charge in [0.1, 0.15) is 18.1 Å². The summed E-state index contributed by atoms with van der Waals surface area (Å²) in [7, 11) is 1.55. The molecule has 0 aliphatic rings. The topological polar surface area (TPSA) is 106 Å². The van der Waals surface area contributed by atoms with Gasteiger partial charge in [0.05, 0.1) is 12.1 Å². The van der Waals surface area contributed by atoms with E-state index in [1.807, 2.05) is 42.5 Å². The molecule has 0 unspecified atom stereocenters. The number of amides is 2. The predicted molar refractivity (Wildman–Crippen MR) is 136 cm³/mol. The molecule has 0 radical (unpaired) electrons. The van der Waals surface area contributed by atoms with Gasteiger partial charge in [0, 0.05) is 24.9 Å². The Morgan fingerprint density at radius 3 is 2.36 bits per heavy atom. The number of fused-ring (bicyclic) bond motifs is 1. The van der Waals surface area contributed by atoms with Gasteiger partial charge >= 0.3 is 0 Å². The number of hydrogen-bond acceptors (Lipinski definition) is 6. The van der Waals surface area contributed by atoms with E-state index in [9.17, 15) is 14.4 Å². The number of carbonyl (C=O) groups excluding carboxylic acids is 3. The molecule has 2 amide bonds. The van der Waals surface area contributed by atoms with Crippen molar-refractivity contribution in [3.63, 3.8) is 0 Å². The zero-order valence-corrected chi connectivity index (χ0v) is 20.1. The summed E-state index contributed by atoms with van der Waals surface area (Å²) in [5.74, 6) is -0.812. The standard InChI is InChI=1S/C27H27N5O4/c1-19(33)20-12-14-22(15-13-20)32(25(34)18-31-24-11-7-6-10-23(24)29-30-31)26(21-8-4-3-5-9-21)27(35)28-16-17-36-2/h3-15,26H,16-18H2,1-2H3,(H,28,35)/t26-/m1/s1. The van der Waals surface area contributed by atoms with Crippen LogP contribution in [0.1, 0.15) is 28.9 Å². The Labute approximate surface area is 208 Å². The van der Waals surface area contributed by atoms with E-state index in [1.54, 1.807) is 43.5 Å². The number of nitrogens with one attached hydrogen (secondary N) is 1. The van der Waals surface area contributed by atoms with Crippen molar-refractivity contribution in [1.29, 1.82) is 0 Å². The highest BCUT2D eigenvalue weighted by Crippen LogP contribution is 2.29. The number of ether oxygens (including phenoxy) is 1. The molecule has 4 rings (SSSR count). The Bertz CT molecular complexity index is 1350. The molecule has 0 fully saturated rings. The minimum atomic E-state index is -0.964. The first-order valence-electron chi connectivity index (χ1n) is 11.5. The molecule has 1 heterocycles. The third kappa shape index (κ3) is 5.47. The SMILES string of the molecule is COCCNC(=O)[C@@H](c1ccccc1)N(C(=O)Cn1nnc2ccccc21)c1ccc(C(C)=O)cc1. The van der Waals surface area contributed by atoms with Gasteiger partial charge < -0.3 is 10.1 Å². The third-order valence-electron chi connectivity index (χ3n) is 5.75. The van der Waals surface area contributed by atoms with Crippen molar-refractivity contribution in [2.24, 2.45) is 0 Å². The number of benzene rings is 3. The van der Waals surface area contributed by atoms with E-state index in [4.69, 9.17) is 4.74 Å². The van der Waals surface area contributed by atoms with Gasteiger partial charge in [-0.3, -0.25) is 19.3 Å². The monoisotopic (exact) mass is 485 g/mol. The summed E-state index contributed by atoms with van der Waals surface area (Å²) >= 11 is 0. The van der Waals surface area contributed by atoms with Crippen LogP contribution < -0.4 is 10.2 Å². The zero-order chi connectivity index (χ0) is 25.5. The van der Waals surface area contributed by atoms with Crippen molar-refractivity contribution >= 4 is 34.3 Å². The summed E-state index contributed by atoms with van der Waals surface area (Å²) in [5, 5.41) is 11.1. The first-order chi connectivity index (χ1) is 17.5. The molecule has 1 N–H and O–H groups in total. The van der Waals surface area contributed by atoms with Gasteiger partial charge in [0.2, 0.25) is 11.8 Å². The Morgan fingerprint density at radius 1 is 0.972 bits per heavy atom. The molecule has 0 saturated heterocycles. The highest BCUT2D eigenvalue weighted by molar-refractivity contribution is 6.02. The van der Waals surface area contributed by atoms with Crippen LogP contribution in [0.5, 0.6) is 0 Å². The molecular formula is C27H27N5O4. The fourth-order valence-corrected chi connectivity index (χ4v) is 3.96. The molecule has 0 spiro atoms. The molecule has 1 aromatic heterocycles. The Hall–Kier alpha value is -4.37. The third-order valence-corrected chi connectivity index (χ3v) is 5.75. The Balaban J connectivity index is 1.77. The van der Waals surface area contributed by atoms with E-state index in [-0.39, 0.29) is 30.7 Å². The van der Waals surface area contributed by atoms with E-state index in [2.05, 4.69) is 15.6 Å². The van der Waals surface area contributed by atoms with Crippen LogP contribution in [0, 0.1) is 0 Å². The number of hydrogen-bond donors (Lipinski definition) is 1. The van der Waals surface area contributed by atoms with Crippen molar-refractivity contribution < 1.29 is 19.1 Å². The first-order valence-corrected chi connectivity index (χ1v) is 11.5. The molecule has 9 nitrogen and oxygen atoms in total. The molecule has 4 aromatic rings. The van der Waals surface area contributed by atoms with Crippen molar-refractivity contribution in [1.82, 2.24) is 20.3 Å². The van der Waals surface area contributed by atoms with Crippen LogP contribution in [0.3, 0.4) is 0 Å². The summed E-state index contributed by atoms with van der Waals surface area (Å²) in [6.07, 6.45) is 0. The molecule has 184 valence electrons. The second kappa shape index (κ2) is 11.4. The maximum Gasteiger partial charge on any atom is 0.249 e. The van der Waals surface area contributed by atoms with E-state index < -0.39 is 6.04 Å². The van der Waals surface area contributed by atoms with Crippen LogP contribution in [-0.2, 0) is 20.9 Å².